The lowest BCUT2D eigenvalue weighted by atomic mass is 10.1. The molecular weight excluding hydrogens is 270 g/mol. The normalized spacial score (nSPS) is 24.2. The van der Waals surface area contributed by atoms with E-state index in [9.17, 15) is 0 Å². The van der Waals surface area contributed by atoms with E-state index in [4.69, 9.17) is 11.6 Å². The molecule has 0 spiro atoms. The molecule has 0 aromatic heterocycles. The van der Waals surface area contributed by atoms with Crippen molar-refractivity contribution in [3.8, 4) is 0 Å². The molecule has 4 heteroatoms. The molecule has 1 aromatic carbocycles. The molecule has 1 aromatic rings. The number of hydrogen-bond donors (Lipinski definition) is 1. The molecular formula is C16H24ClN3. The highest BCUT2D eigenvalue weighted by Crippen LogP contribution is 2.21. The average molecular weight is 294 g/mol. The van der Waals surface area contributed by atoms with Crippen LogP contribution in [-0.4, -0.2) is 50.2 Å². The summed E-state index contributed by atoms with van der Waals surface area (Å²) in [6, 6.07) is 8.97. The number of halogens is 1. The van der Waals surface area contributed by atoms with Crippen molar-refractivity contribution in [3.63, 3.8) is 0 Å². The standard InChI is InChI=1S/C16H24ClN3/c17-14-3-1-5-16(13-14)20-11-9-19(10-12-20)8-6-15-4-2-7-18-15/h1,3,5,13,15,18H,2,4,6-12H2. The highest BCUT2D eigenvalue weighted by atomic mass is 35.5. The van der Waals surface area contributed by atoms with Gasteiger partial charge in [-0.05, 0) is 50.6 Å². The molecule has 0 aliphatic carbocycles. The van der Waals surface area contributed by atoms with E-state index in [1.54, 1.807) is 0 Å². The third-order valence-corrected chi connectivity index (χ3v) is 4.74. The zero-order valence-electron chi connectivity index (χ0n) is 12.0. The number of benzene rings is 1. The minimum absolute atomic E-state index is 0.765. The molecule has 1 unspecified atom stereocenters. The fourth-order valence-electron chi connectivity index (χ4n) is 3.24. The maximum Gasteiger partial charge on any atom is 0.0426 e. The molecule has 0 saturated carbocycles. The van der Waals surface area contributed by atoms with Gasteiger partial charge in [0.15, 0.2) is 0 Å². The van der Waals surface area contributed by atoms with Gasteiger partial charge in [0.05, 0.1) is 0 Å². The van der Waals surface area contributed by atoms with E-state index < -0.39 is 0 Å². The van der Waals surface area contributed by atoms with Crippen LogP contribution in [-0.2, 0) is 0 Å². The smallest absolute Gasteiger partial charge is 0.0426 e. The minimum Gasteiger partial charge on any atom is -0.369 e. The fourth-order valence-corrected chi connectivity index (χ4v) is 3.43. The maximum atomic E-state index is 6.07. The fraction of sp³-hybridized carbons (Fsp3) is 0.625. The van der Waals surface area contributed by atoms with Crippen molar-refractivity contribution in [3.05, 3.63) is 29.3 Å². The van der Waals surface area contributed by atoms with Gasteiger partial charge in [0.25, 0.3) is 0 Å². The lowest BCUT2D eigenvalue weighted by molar-refractivity contribution is 0.245. The van der Waals surface area contributed by atoms with Crippen molar-refractivity contribution in [2.24, 2.45) is 0 Å². The highest BCUT2D eigenvalue weighted by Gasteiger charge is 2.19. The summed E-state index contributed by atoms with van der Waals surface area (Å²) in [6.07, 6.45) is 4.02. The Kier molecular flexibility index (Phi) is 4.81. The summed E-state index contributed by atoms with van der Waals surface area (Å²) in [5.41, 5.74) is 1.26. The second-order valence-electron chi connectivity index (χ2n) is 5.89. The van der Waals surface area contributed by atoms with E-state index >= 15 is 0 Å². The number of nitrogens with one attached hydrogen (secondary N) is 1. The summed E-state index contributed by atoms with van der Waals surface area (Å²) in [6.45, 7) is 7.00. The number of anilines is 1. The Morgan fingerprint density at radius 3 is 2.75 bits per heavy atom. The Labute approximate surface area is 126 Å². The SMILES string of the molecule is Clc1cccc(N2CCN(CCC3CCCN3)CC2)c1. The molecule has 3 nitrogen and oxygen atoms in total. The Bertz CT molecular complexity index is 423. The van der Waals surface area contributed by atoms with Crippen molar-refractivity contribution in [1.82, 2.24) is 10.2 Å². The lowest BCUT2D eigenvalue weighted by Crippen LogP contribution is -2.47. The Hall–Kier alpha value is -0.770. The van der Waals surface area contributed by atoms with Gasteiger partial charge in [-0.2, -0.15) is 0 Å². The molecule has 2 fully saturated rings. The van der Waals surface area contributed by atoms with Crippen LogP contribution in [0.25, 0.3) is 0 Å². The molecule has 20 heavy (non-hydrogen) atoms. The van der Waals surface area contributed by atoms with Crippen LogP contribution in [0.15, 0.2) is 24.3 Å². The Morgan fingerprint density at radius 1 is 1.20 bits per heavy atom. The second-order valence-corrected chi connectivity index (χ2v) is 6.33. The van der Waals surface area contributed by atoms with E-state index in [2.05, 4.69) is 27.2 Å². The highest BCUT2D eigenvalue weighted by molar-refractivity contribution is 6.30. The van der Waals surface area contributed by atoms with Gasteiger partial charge in [-0.3, -0.25) is 4.90 Å². The van der Waals surface area contributed by atoms with Gasteiger partial charge in [-0.1, -0.05) is 17.7 Å². The Balaban J connectivity index is 1.44. The molecule has 0 radical (unpaired) electrons. The molecule has 0 bridgehead atoms. The molecule has 3 rings (SSSR count). The first kappa shape index (κ1) is 14.2. The van der Waals surface area contributed by atoms with Crippen molar-refractivity contribution in [2.45, 2.75) is 25.3 Å². The summed E-state index contributed by atoms with van der Waals surface area (Å²) in [5, 5.41) is 4.42. The largest absolute Gasteiger partial charge is 0.369 e. The van der Waals surface area contributed by atoms with Crippen molar-refractivity contribution in [2.75, 3.05) is 44.2 Å². The van der Waals surface area contributed by atoms with Crippen LogP contribution in [0.4, 0.5) is 5.69 Å². The third-order valence-electron chi connectivity index (χ3n) is 4.50. The van der Waals surface area contributed by atoms with E-state index in [0.717, 1.165) is 24.2 Å². The second kappa shape index (κ2) is 6.79. The summed E-state index contributed by atoms with van der Waals surface area (Å²) >= 11 is 6.07. The quantitative estimate of drug-likeness (QED) is 0.921. The minimum atomic E-state index is 0.765. The maximum absolute atomic E-state index is 6.07. The van der Waals surface area contributed by atoms with Gasteiger partial charge in [0.1, 0.15) is 0 Å². The molecule has 1 atom stereocenters. The number of piperazine rings is 1. The lowest BCUT2D eigenvalue weighted by Gasteiger charge is -2.36. The number of nitrogens with zero attached hydrogens (tertiary/aromatic N) is 2. The van der Waals surface area contributed by atoms with Gasteiger partial charge in [0.2, 0.25) is 0 Å². The molecule has 2 aliphatic rings. The topological polar surface area (TPSA) is 18.5 Å². The van der Waals surface area contributed by atoms with E-state index in [0.29, 0.717) is 0 Å². The number of rotatable bonds is 4. The van der Waals surface area contributed by atoms with Crippen LogP contribution in [0, 0.1) is 0 Å². The van der Waals surface area contributed by atoms with Crippen LogP contribution < -0.4 is 10.2 Å². The molecule has 1 N–H and O–H groups in total. The van der Waals surface area contributed by atoms with Gasteiger partial charge >= 0.3 is 0 Å². The first-order valence-electron chi connectivity index (χ1n) is 7.77. The first-order valence-corrected chi connectivity index (χ1v) is 8.15. The summed E-state index contributed by atoms with van der Waals surface area (Å²) in [7, 11) is 0. The van der Waals surface area contributed by atoms with Crippen LogP contribution in [0.3, 0.4) is 0 Å². The van der Waals surface area contributed by atoms with Crippen molar-refractivity contribution < 1.29 is 0 Å². The third kappa shape index (κ3) is 3.66. The molecule has 2 heterocycles. The average Bonchev–Trinajstić information content (AvgIpc) is 2.99. The molecule has 2 saturated heterocycles. The monoisotopic (exact) mass is 293 g/mol. The molecule has 110 valence electrons. The van der Waals surface area contributed by atoms with Gasteiger partial charge in [0, 0.05) is 42.9 Å². The van der Waals surface area contributed by atoms with Crippen LogP contribution >= 0.6 is 11.6 Å². The zero-order chi connectivity index (χ0) is 13.8. The van der Waals surface area contributed by atoms with Crippen LogP contribution in [0.5, 0.6) is 0 Å². The molecule has 2 aliphatic heterocycles. The first-order chi connectivity index (χ1) is 9.81. The zero-order valence-corrected chi connectivity index (χ0v) is 12.8. The summed E-state index contributed by atoms with van der Waals surface area (Å²) in [4.78, 5) is 5.04. The van der Waals surface area contributed by atoms with E-state index in [1.165, 1.54) is 51.1 Å². The van der Waals surface area contributed by atoms with E-state index in [-0.39, 0.29) is 0 Å². The number of hydrogen-bond acceptors (Lipinski definition) is 3. The van der Waals surface area contributed by atoms with Gasteiger partial charge in [-0.25, -0.2) is 0 Å². The van der Waals surface area contributed by atoms with Crippen LogP contribution in [0.1, 0.15) is 19.3 Å². The van der Waals surface area contributed by atoms with Gasteiger partial charge < -0.3 is 10.2 Å². The predicted octanol–water partition coefficient (Wildman–Crippen LogP) is 2.60. The summed E-state index contributed by atoms with van der Waals surface area (Å²) in [5.74, 6) is 0. The van der Waals surface area contributed by atoms with Gasteiger partial charge in [-0.15, -0.1) is 0 Å². The van der Waals surface area contributed by atoms with Crippen molar-refractivity contribution in [1.29, 1.82) is 0 Å². The van der Waals surface area contributed by atoms with Crippen LogP contribution in [0.2, 0.25) is 5.02 Å². The summed E-state index contributed by atoms with van der Waals surface area (Å²) < 4.78 is 0. The van der Waals surface area contributed by atoms with E-state index in [1.807, 2.05) is 12.1 Å². The predicted molar refractivity (Wildman–Crippen MR) is 85.7 cm³/mol. The molecule has 0 amide bonds. The Morgan fingerprint density at radius 2 is 2.05 bits per heavy atom. The van der Waals surface area contributed by atoms with Crippen molar-refractivity contribution >= 4 is 17.3 Å².